The predicted molar refractivity (Wildman–Crippen MR) is 111 cm³/mol. The Morgan fingerprint density at radius 2 is 1.61 bits per heavy atom. The van der Waals surface area contributed by atoms with Gasteiger partial charge in [-0.1, -0.05) is 18.2 Å². The fraction of sp³-hybridized carbons (Fsp3) is 0.350. The van der Waals surface area contributed by atoms with Crippen LogP contribution in [0.15, 0.2) is 63.2 Å². The summed E-state index contributed by atoms with van der Waals surface area (Å²) < 4.78 is 94.0. The van der Waals surface area contributed by atoms with Crippen LogP contribution in [0.25, 0.3) is 0 Å². The van der Waals surface area contributed by atoms with E-state index in [0.717, 1.165) is 6.07 Å². The zero-order chi connectivity index (χ0) is 24.4. The highest BCUT2D eigenvalue weighted by Gasteiger charge is 2.38. The highest BCUT2D eigenvalue weighted by molar-refractivity contribution is 7.91. The Hall–Kier alpha value is -2.64. The van der Waals surface area contributed by atoms with Crippen molar-refractivity contribution in [3.05, 3.63) is 54.1 Å². The third kappa shape index (κ3) is 5.65. The number of hydrogen-bond acceptors (Lipinski definition) is 5. The summed E-state index contributed by atoms with van der Waals surface area (Å²) in [7, 11) is -8.99. The van der Waals surface area contributed by atoms with Gasteiger partial charge in [-0.25, -0.2) is 26.4 Å². The van der Waals surface area contributed by atoms with E-state index in [9.17, 15) is 34.8 Å². The van der Waals surface area contributed by atoms with Gasteiger partial charge in [0.15, 0.2) is 0 Å². The van der Waals surface area contributed by atoms with Crippen LogP contribution in [-0.4, -0.2) is 52.6 Å². The second-order valence-electron chi connectivity index (χ2n) is 7.54. The summed E-state index contributed by atoms with van der Waals surface area (Å²) in [6.45, 7) is 0.156. The number of sulfonamides is 1. The number of carboxylic acid groups (broad SMARTS) is 1. The lowest BCUT2D eigenvalue weighted by atomic mass is 9.97. The minimum atomic E-state index is -5.04. The van der Waals surface area contributed by atoms with E-state index in [0.29, 0.717) is 25.0 Å². The summed E-state index contributed by atoms with van der Waals surface area (Å²) in [4.78, 5) is 10.2. The summed E-state index contributed by atoms with van der Waals surface area (Å²) in [6, 6.07) is 8.62. The molecule has 1 amide bonds. The van der Waals surface area contributed by atoms with Gasteiger partial charge in [-0.05, 0) is 49.1 Å². The highest BCUT2D eigenvalue weighted by Crippen LogP contribution is 2.36. The van der Waals surface area contributed by atoms with Gasteiger partial charge in [0, 0.05) is 19.6 Å². The fourth-order valence-electron chi connectivity index (χ4n) is 3.50. The molecule has 1 saturated heterocycles. The second-order valence-corrected chi connectivity index (χ2v) is 11.2. The van der Waals surface area contributed by atoms with Gasteiger partial charge >= 0.3 is 12.3 Å². The molecule has 0 atom stereocenters. The number of alkyl halides is 3. The topological polar surface area (TPSA) is 121 Å². The van der Waals surface area contributed by atoms with E-state index in [2.05, 4.69) is 4.72 Å². The molecule has 1 fully saturated rings. The first-order chi connectivity index (χ1) is 15.3. The standard InChI is InChI=1S/C20H21F3N2O6S2/c21-20(22,23)17-7-6-16(32(28,29)15-4-2-1-3-5-15)12-18(17)33(30,31)24-13-14-8-10-25(11-9-14)19(26)27/h1-7,12,14,24H,8-11,13H2,(H,26,27). The van der Waals surface area contributed by atoms with E-state index >= 15 is 0 Å². The lowest BCUT2D eigenvalue weighted by molar-refractivity contribution is -0.139. The molecule has 8 nitrogen and oxygen atoms in total. The number of nitrogens with one attached hydrogen (secondary N) is 1. The van der Waals surface area contributed by atoms with Crippen molar-refractivity contribution in [3.63, 3.8) is 0 Å². The molecule has 0 unspecified atom stereocenters. The minimum Gasteiger partial charge on any atom is -0.465 e. The smallest absolute Gasteiger partial charge is 0.417 e. The normalized spacial score (nSPS) is 16.0. The molecule has 2 N–H and O–H groups in total. The zero-order valence-corrected chi connectivity index (χ0v) is 18.8. The van der Waals surface area contributed by atoms with Gasteiger partial charge in [0.05, 0.1) is 20.2 Å². The van der Waals surface area contributed by atoms with Gasteiger partial charge in [0.2, 0.25) is 19.9 Å². The van der Waals surface area contributed by atoms with E-state index in [1.165, 1.54) is 29.2 Å². The van der Waals surface area contributed by atoms with Gasteiger partial charge in [-0.15, -0.1) is 0 Å². The maximum Gasteiger partial charge on any atom is 0.417 e. The van der Waals surface area contributed by atoms with Gasteiger partial charge < -0.3 is 10.0 Å². The molecule has 1 aliphatic heterocycles. The monoisotopic (exact) mass is 506 g/mol. The minimum absolute atomic E-state index is 0.181. The molecule has 2 aromatic rings. The van der Waals surface area contributed by atoms with Crippen molar-refractivity contribution in [3.8, 4) is 0 Å². The average molecular weight is 507 g/mol. The van der Waals surface area contributed by atoms with Crippen molar-refractivity contribution >= 4 is 26.0 Å². The zero-order valence-electron chi connectivity index (χ0n) is 17.1. The number of rotatable bonds is 6. The SMILES string of the molecule is O=C(O)N1CCC(CNS(=O)(=O)c2cc(S(=O)(=O)c3ccccc3)ccc2C(F)(F)F)CC1. The van der Waals surface area contributed by atoms with Crippen molar-refractivity contribution in [2.45, 2.75) is 33.7 Å². The maximum atomic E-state index is 13.5. The molecule has 33 heavy (non-hydrogen) atoms. The number of amides is 1. The number of halogens is 3. The maximum absolute atomic E-state index is 13.5. The van der Waals surface area contributed by atoms with Crippen LogP contribution in [0.5, 0.6) is 0 Å². The van der Waals surface area contributed by atoms with E-state index in [1.807, 2.05) is 0 Å². The Morgan fingerprint density at radius 3 is 2.15 bits per heavy atom. The lowest BCUT2D eigenvalue weighted by Gasteiger charge is -2.30. The van der Waals surface area contributed by atoms with Crippen molar-refractivity contribution < 1.29 is 39.9 Å². The second kappa shape index (κ2) is 9.31. The summed E-state index contributed by atoms with van der Waals surface area (Å²) in [5.41, 5.74) is -1.48. The molecule has 0 radical (unpaired) electrons. The van der Waals surface area contributed by atoms with Crippen molar-refractivity contribution in [2.75, 3.05) is 19.6 Å². The summed E-state index contributed by atoms with van der Waals surface area (Å²) in [5, 5.41) is 8.97. The third-order valence-electron chi connectivity index (χ3n) is 5.36. The number of piperidine rings is 1. The number of likely N-dealkylation sites (tertiary alicyclic amines) is 1. The van der Waals surface area contributed by atoms with Gasteiger partial charge in [0.25, 0.3) is 0 Å². The summed E-state index contributed by atoms with van der Waals surface area (Å²) in [5.74, 6) is -0.277. The van der Waals surface area contributed by atoms with Crippen LogP contribution in [0.4, 0.5) is 18.0 Å². The molecule has 1 aliphatic rings. The summed E-state index contributed by atoms with van der Waals surface area (Å²) >= 11 is 0. The quantitative estimate of drug-likeness (QED) is 0.621. The first-order valence-corrected chi connectivity index (χ1v) is 12.8. The number of nitrogens with zero attached hydrogens (tertiary/aromatic N) is 1. The number of benzene rings is 2. The van der Waals surface area contributed by atoms with Crippen LogP contribution in [-0.2, 0) is 26.0 Å². The van der Waals surface area contributed by atoms with E-state index < -0.39 is 47.5 Å². The van der Waals surface area contributed by atoms with Crippen molar-refractivity contribution in [2.24, 2.45) is 5.92 Å². The number of hydrogen-bond donors (Lipinski definition) is 2. The first kappa shape index (κ1) is 25.0. The Kier molecular flexibility index (Phi) is 7.05. The van der Waals surface area contributed by atoms with E-state index in [1.54, 1.807) is 6.07 Å². The molecule has 0 saturated carbocycles. The molecule has 2 aromatic carbocycles. The van der Waals surface area contributed by atoms with Crippen molar-refractivity contribution in [1.82, 2.24) is 9.62 Å². The van der Waals surface area contributed by atoms with Crippen LogP contribution in [0.3, 0.4) is 0 Å². The van der Waals surface area contributed by atoms with Crippen molar-refractivity contribution in [1.29, 1.82) is 0 Å². The van der Waals surface area contributed by atoms with Gasteiger partial charge in [-0.2, -0.15) is 13.2 Å². The van der Waals surface area contributed by atoms with Crippen LogP contribution in [0.2, 0.25) is 0 Å². The first-order valence-electron chi connectivity index (χ1n) is 9.81. The molecule has 0 aliphatic carbocycles. The molecule has 1 heterocycles. The largest absolute Gasteiger partial charge is 0.465 e. The molecule has 13 heteroatoms. The highest BCUT2D eigenvalue weighted by atomic mass is 32.2. The van der Waals surface area contributed by atoms with Gasteiger partial charge in [0.1, 0.15) is 0 Å². The Bertz CT molecular complexity index is 1220. The Balaban J connectivity index is 1.91. The average Bonchev–Trinajstić information content (AvgIpc) is 2.77. The van der Waals surface area contributed by atoms with Crippen LogP contribution in [0.1, 0.15) is 18.4 Å². The van der Waals surface area contributed by atoms with E-state index in [-0.39, 0.29) is 30.4 Å². The number of carbonyl (C=O) groups is 1. The predicted octanol–water partition coefficient (Wildman–Crippen LogP) is 3.21. The molecular weight excluding hydrogens is 485 g/mol. The molecular formula is C20H21F3N2O6S2. The Labute approximate surface area is 189 Å². The van der Waals surface area contributed by atoms with Crippen LogP contribution in [0, 0.1) is 5.92 Å². The van der Waals surface area contributed by atoms with Crippen LogP contribution < -0.4 is 4.72 Å². The molecule has 0 spiro atoms. The molecule has 0 aromatic heterocycles. The Morgan fingerprint density at radius 1 is 1.00 bits per heavy atom. The lowest BCUT2D eigenvalue weighted by Crippen LogP contribution is -2.41. The molecule has 180 valence electrons. The molecule has 3 rings (SSSR count). The third-order valence-corrected chi connectivity index (χ3v) is 8.59. The number of sulfone groups is 1. The molecule has 0 bridgehead atoms. The van der Waals surface area contributed by atoms with Gasteiger partial charge in [-0.3, -0.25) is 0 Å². The summed E-state index contributed by atoms with van der Waals surface area (Å²) in [6.07, 6.45) is -5.46. The van der Waals surface area contributed by atoms with Crippen LogP contribution >= 0.6 is 0 Å². The fourth-order valence-corrected chi connectivity index (χ4v) is 6.24. The van der Waals surface area contributed by atoms with E-state index in [4.69, 9.17) is 5.11 Å².